The van der Waals surface area contributed by atoms with E-state index in [2.05, 4.69) is 5.32 Å². The van der Waals surface area contributed by atoms with Crippen molar-refractivity contribution in [2.75, 3.05) is 13.6 Å². The average molecular weight is 241 g/mol. The summed E-state index contributed by atoms with van der Waals surface area (Å²) >= 11 is 0. The number of carbonyl (C=O) groups excluding carboxylic acids is 3. The molecule has 6 nitrogen and oxygen atoms in total. The topological polar surface area (TPSA) is 92.5 Å². The van der Waals surface area contributed by atoms with Gasteiger partial charge < -0.3 is 11.1 Å². The van der Waals surface area contributed by atoms with Gasteiger partial charge in [0.25, 0.3) is 11.8 Å². The molecule has 1 aliphatic rings. The van der Waals surface area contributed by atoms with Gasteiger partial charge in [0.2, 0.25) is 5.91 Å². The highest BCUT2D eigenvalue weighted by molar-refractivity contribution is 6.12. The number of carbonyl (C=O) groups is 3. The van der Waals surface area contributed by atoms with Crippen molar-refractivity contribution in [1.82, 2.24) is 10.2 Å². The number of likely N-dealkylation sites (N-methyl/N-ethyl adjacent to an activating group) is 1. The van der Waals surface area contributed by atoms with Gasteiger partial charge in [-0.15, -0.1) is 0 Å². The van der Waals surface area contributed by atoms with Crippen molar-refractivity contribution in [3.8, 4) is 0 Å². The van der Waals surface area contributed by atoms with E-state index in [0.717, 1.165) is 4.90 Å². The van der Waals surface area contributed by atoms with Crippen LogP contribution in [-0.2, 0) is 14.4 Å². The van der Waals surface area contributed by atoms with Crippen molar-refractivity contribution in [1.29, 1.82) is 0 Å². The van der Waals surface area contributed by atoms with Crippen molar-refractivity contribution in [3.05, 3.63) is 12.2 Å². The minimum atomic E-state index is -0.698. The van der Waals surface area contributed by atoms with Gasteiger partial charge in [0.1, 0.15) is 0 Å². The maximum absolute atomic E-state index is 11.1. The molecule has 1 unspecified atom stereocenters. The van der Waals surface area contributed by atoms with Gasteiger partial charge in [-0.25, -0.2) is 0 Å². The molecule has 1 heterocycles. The molecular weight excluding hydrogens is 222 g/mol. The predicted molar refractivity (Wildman–Crippen MR) is 63.9 cm³/mol. The van der Waals surface area contributed by atoms with Crippen molar-refractivity contribution in [2.45, 2.75) is 26.3 Å². The molecule has 1 atom stereocenters. The van der Waals surface area contributed by atoms with Gasteiger partial charge in [-0.2, -0.15) is 0 Å². The molecule has 0 saturated carbocycles. The lowest BCUT2D eigenvalue weighted by Crippen LogP contribution is -2.42. The number of nitrogens with zero attached hydrogens (tertiary/aromatic N) is 1. The van der Waals surface area contributed by atoms with Crippen molar-refractivity contribution < 1.29 is 14.4 Å². The molecule has 3 amide bonds. The van der Waals surface area contributed by atoms with Gasteiger partial charge in [-0.1, -0.05) is 13.8 Å². The van der Waals surface area contributed by atoms with Crippen LogP contribution in [0.5, 0.6) is 0 Å². The first-order valence-electron chi connectivity index (χ1n) is 5.57. The van der Waals surface area contributed by atoms with Crippen LogP contribution in [0.4, 0.5) is 0 Å². The van der Waals surface area contributed by atoms with E-state index in [1.807, 2.05) is 13.8 Å². The number of nitrogens with two attached hydrogens (primary N) is 1. The maximum Gasteiger partial charge on any atom is 0.253 e. The Hall–Kier alpha value is -1.69. The van der Waals surface area contributed by atoms with E-state index in [0.29, 0.717) is 0 Å². The van der Waals surface area contributed by atoms with Gasteiger partial charge in [0.15, 0.2) is 0 Å². The molecule has 3 N–H and O–H groups in total. The minimum absolute atomic E-state index is 0.166. The average Bonchev–Trinajstić information content (AvgIpc) is 2.67. The fourth-order valence-corrected chi connectivity index (χ4v) is 1.24. The summed E-state index contributed by atoms with van der Waals surface area (Å²) in [7, 11) is 1.48. The van der Waals surface area contributed by atoms with Gasteiger partial charge in [0.05, 0.1) is 6.04 Å². The lowest BCUT2D eigenvalue weighted by molar-refractivity contribution is -0.137. The van der Waals surface area contributed by atoms with Gasteiger partial charge in [-0.3, -0.25) is 19.3 Å². The summed E-state index contributed by atoms with van der Waals surface area (Å²) in [6.07, 6.45) is 2.67. The van der Waals surface area contributed by atoms with E-state index in [-0.39, 0.29) is 30.7 Å². The zero-order valence-corrected chi connectivity index (χ0v) is 10.4. The first-order chi connectivity index (χ1) is 8.06. The smallest absolute Gasteiger partial charge is 0.253 e. The molecule has 0 saturated heterocycles. The summed E-state index contributed by atoms with van der Waals surface area (Å²) in [5.41, 5.74) is 5.52. The van der Waals surface area contributed by atoms with Crippen LogP contribution in [0, 0.1) is 0 Å². The van der Waals surface area contributed by atoms with Crippen LogP contribution in [0.15, 0.2) is 12.2 Å². The summed E-state index contributed by atoms with van der Waals surface area (Å²) in [6, 6.07) is -0.698. The van der Waals surface area contributed by atoms with E-state index in [4.69, 9.17) is 5.73 Å². The normalized spacial score (nSPS) is 15.4. The highest BCUT2D eigenvalue weighted by Gasteiger charge is 2.24. The molecule has 0 bridgehead atoms. The SMILES string of the molecule is CC.CNC(=O)C(N)CCN1C(=O)C=CC1=O. The Morgan fingerprint density at radius 3 is 2.24 bits per heavy atom. The summed E-state index contributed by atoms with van der Waals surface area (Å²) in [6.45, 7) is 4.17. The van der Waals surface area contributed by atoms with Crippen molar-refractivity contribution >= 4 is 17.7 Å². The molecular formula is C11H19N3O3. The van der Waals surface area contributed by atoms with Gasteiger partial charge in [0, 0.05) is 25.7 Å². The maximum atomic E-state index is 11.1. The van der Waals surface area contributed by atoms with Crippen molar-refractivity contribution in [2.24, 2.45) is 5.73 Å². The van der Waals surface area contributed by atoms with E-state index in [9.17, 15) is 14.4 Å². The lowest BCUT2D eigenvalue weighted by atomic mass is 10.2. The molecule has 0 aromatic carbocycles. The van der Waals surface area contributed by atoms with Crippen LogP contribution in [0.1, 0.15) is 20.3 Å². The second-order valence-electron chi connectivity index (χ2n) is 3.17. The fourth-order valence-electron chi connectivity index (χ4n) is 1.24. The van der Waals surface area contributed by atoms with Crippen LogP contribution in [0.2, 0.25) is 0 Å². The quantitative estimate of drug-likeness (QED) is 0.643. The third-order valence-corrected chi connectivity index (χ3v) is 2.15. The van der Waals surface area contributed by atoms with E-state index in [1.54, 1.807) is 0 Å². The molecule has 1 aliphatic heterocycles. The number of rotatable bonds is 4. The molecule has 96 valence electrons. The fraction of sp³-hybridized carbons (Fsp3) is 0.545. The third kappa shape index (κ3) is 4.36. The van der Waals surface area contributed by atoms with E-state index in [1.165, 1.54) is 19.2 Å². The zero-order chi connectivity index (χ0) is 13.4. The van der Waals surface area contributed by atoms with Crippen LogP contribution in [0.25, 0.3) is 0 Å². The number of hydrogen-bond acceptors (Lipinski definition) is 4. The summed E-state index contributed by atoms with van der Waals surface area (Å²) in [5.74, 6) is -1.02. The standard InChI is InChI=1S/C9H13N3O3.C2H6/c1-11-9(15)6(10)4-5-12-7(13)2-3-8(12)14;1-2/h2-3,6H,4-5,10H2,1H3,(H,11,15);1-2H3. The van der Waals surface area contributed by atoms with Crippen LogP contribution in [-0.4, -0.2) is 42.3 Å². The third-order valence-electron chi connectivity index (χ3n) is 2.15. The first-order valence-corrected chi connectivity index (χ1v) is 5.57. The molecule has 0 aliphatic carbocycles. The largest absolute Gasteiger partial charge is 0.358 e. The van der Waals surface area contributed by atoms with Crippen LogP contribution < -0.4 is 11.1 Å². The molecule has 0 aromatic rings. The minimum Gasteiger partial charge on any atom is -0.358 e. The highest BCUT2D eigenvalue weighted by atomic mass is 16.2. The molecule has 0 aromatic heterocycles. The van der Waals surface area contributed by atoms with E-state index < -0.39 is 6.04 Å². The second-order valence-corrected chi connectivity index (χ2v) is 3.17. The predicted octanol–water partition coefficient (Wildman–Crippen LogP) is -0.599. The Bertz CT molecular complexity index is 308. The second kappa shape index (κ2) is 7.56. The number of nitrogens with one attached hydrogen (secondary N) is 1. The first kappa shape index (κ1) is 15.3. The Balaban J connectivity index is 0.00000121. The van der Waals surface area contributed by atoms with Crippen molar-refractivity contribution in [3.63, 3.8) is 0 Å². The molecule has 6 heteroatoms. The summed E-state index contributed by atoms with van der Waals surface area (Å²) in [5, 5.41) is 2.39. The Morgan fingerprint density at radius 1 is 1.35 bits per heavy atom. The number of amides is 3. The molecule has 17 heavy (non-hydrogen) atoms. The molecule has 0 spiro atoms. The highest BCUT2D eigenvalue weighted by Crippen LogP contribution is 2.04. The number of imide groups is 1. The van der Waals surface area contributed by atoms with E-state index >= 15 is 0 Å². The summed E-state index contributed by atoms with van der Waals surface area (Å²) < 4.78 is 0. The summed E-state index contributed by atoms with van der Waals surface area (Å²) in [4.78, 5) is 34.3. The number of hydrogen-bond donors (Lipinski definition) is 2. The Labute approximate surface area is 101 Å². The lowest BCUT2D eigenvalue weighted by Gasteiger charge is -2.16. The van der Waals surface area contributed by atoms with Gasteiger partial charge >= 0.3 is 0 Å². The molecule has 0 radical (unpaired) electrons. The molecule has 0 fully saturated rings. The Morgan fingerprint density at radius 2 is 1.82 bits per heavy atom. The van der Waals surface area contributed by atoms with Gasteiger partial charge in [-0.05, 0) is 6.42 Å². The monoisotopic (exact) mass is 241 g/mol. The molecule has 1 rings (SSSR count). The van der Waals surface area contributed by atoms with Crippen LogP contribution >= 0.6 is 0 Å². The van der Waals surface area contributed by atoms with Crippen LogP contribution in [0.3, 0.4) is 0 Å². The Kier molecular flexibility index (Phi) is 6.81. The zero-order valence-electron chi connectivity index (χ0n) is 10.4.